The molecule has 3 rings (SSSR count). The van der Waals surface area contributed by atoms with Gasteiger partial charge in [0.2, 0.25) is 5.09 Å². The Labute approximate surface area is 155 Å². The zero-order chi connectivity index (χ0) is 18.7. The van der Waals surface area contributed by atoms with Gasteiger partial charge in [0, 0.05) is 18.1 Å². The molecule has 0 bridgehead atoms. The molecule has 0 atom stereocenters. The highest BCUT2D eigenvalue weighted by atomic mass is 35.5. The van der Waals surface area contributed by atoms with Crippen LogP contribution in [0.1, 0.15) is 16.1 Å². The first-order valence-corrected chi connectivity index (χ1v) is 9.42. The number of nitrogens with zero attached hydrogens (tertiary/aromatic N) is 2. The number of furan rings is 1. The van der Waals surface area contributed by atoms with Gasteiger partial charge in [-0.1, -0.05) is 11.6 Å². The summed E-state index contributed by atoms with van der Waals surface area (Å²) in [6.45, 7) is 1.05. The SMILES string of the molecule is N#Cc1ccc(Cl)cc1NC(=O)c1ccc(S(=O)(=O)N2CCOCC2)o1. The van der Waals surface area contributed by atoms with Crippen LogP contribution in [-0.2, 0) is 14.8 Å². The van der Waals surface area contributed by atoms with Crippen molar-refractivity contribution in [2.75, 3.05) is 31.6 Å². The number of nitriles is 1. The minimum absolute atomic E-state index is 0.194. The zero-order valence-electron chi connectivity index (χ0n) is 13.4. The molecule has 0 spiro atoms. The van der Waals surface area contributed by atoms with Crippen LogP contribution in [0.4, 0.5) is 5.69 Å². The van der Waals surface area contributed by atoms with Gasteiger partial charge in [-0.05, 0) is 30.3 Å². The number of carbonyl (C=O) groups excluding carboxylic acids is 1. The average molecular weight is 396 g/mol. The number of amides is 1. The summed E-state index contributed by atoms with van der Waals surface area (Å²) in [6.07, 6.45) is 0. The molecule has 136 valence electrons. The lowest BCUT2D eigenvalue weighted by atomic mass is 10.2. The Kier molecular flexibility index (Phi) is 5.29. The van der Waals surface area contributed by atoms with E-state index in [0.29, 0.717) is 18.2 Å². The molecule has 1 aromatic heterocycles. The normalized spacial score (nSPS) is 15.4. The van der Waals surface area contributed by atoms with E-state index in [-0.39, 0.29) is 35.2 Å². The smallest absolute Gasteiger partial charge is 0.291 e. The lowest BCUT2D eigenvalue weighted by Crippen LogP contribution is -2.40. The van der Waals surface area contributed by atoms with Crippen LogP contribution in [0.25, 0.3) is 0 Å². The Hall–Kier alpha value is -2.38. The highest BCUT2D eigenvalue weighted by Gasteiger charge is 2.30. The van der Waals surface area contributed by atoms with Gasteiger partial charge in [0.05, 0.1) is 24.5 Å². The molecule has 8 nitrogen and oxygen atoms in total. The molecule has 2 heterocycles. The van der Waals surface area contributed by atoms with Gasteiger partial charge >= 0.3 is 0 Å². The second-order valence-electron chi connectivity index (χ2n) is 5.39. The van der Waals surface area contributed by atoms with Crippen LogP contribution in [-0.4, -0.2) is 44.9 Å². The minimum Gasteiger partial charge on any atom is -0.438 e. The lowest BCUT2D eigenvalue weighted by Gasteiger charge is -2.24. The van der Waals surface area contributed by atoms with Crippen molar-refractivity contribution in [1.82, 2.24) is 4.31 Å². The number of morpholine rings is 1. The van der Waals surface area contributed by atoms with Crippen LogP contribution in [0.5, 0.6) is 0 Å². The van der Waals surface area contributed by atoms with E-state index in [9.17, 15) is 13.2 Å². The third-order valence-electron chi connectivity index (χ3n) is 3.72. The van der Waals surface area contributed by atoms with Crippen LogP contribution in [0.15, 0.2) is 39.8 Å². The molecule has 1 aromatic carbocycles. The van der Waals surface area contributed by atoms with Crippen LogP contribution in [0, 0.1) is 11.3 Å². The van der Waals surface area contributed by atoms with Gasteiger partial charge in [0.1, 0.15) is 6.07 Å². The van der Waals surface area contributed by atoms with Crippen molar-refractivity contribution in [2.45, 2.75) is 5.09 Å². The van der Waals surface area contributed by atoms with Crippen molar-refractivity contribution in [3.8, 4) is 6.07 Å². The monoisotopic (exact) mass is 395 g/mol. The molecule has 10 heteroatoms. The molecular formula is C16H14ClN3O5S. The summed E-state index contributed by atoms with van der Waals surface area (Å²) in [6, 6.07) is 8.84. The molecule has 0 radical (unpaired) electrons. The molecule has 1 fully saturated rings. The lowest BCUT2D eigenvalue weighted by molar-refractivity contribution is 0.0723. The first kappa shape index (κ1) is 18.4. The number of carbonyl (C=O) groups is 1. The molecular weight excluding hydrogens is 382 g/mol. The predicted molar refractivity (Wildman–Crippen MR) is 92.4 cm³/mol. The maximum Gasteiger partial charge on any atom is 0.291 e. The van der Waals surface area contributed by atoms with E-state index in [1.54, 1.807) is 0 Å². The number of hydrogen-bond donors (Lipinski definition) is 1. The molecule has 1 amide bonds. The van der Waals surface area contributed by atoms with Gasteiger partial charge in [-0.2, -0.15) is 9.57 Å². The number of nitrogens with one attached hydrogen (secondary N) is 1. The number of ether oxygens (including phenoxy) is 1. The number of rotatable bonds is 4. The fourth-order valence-corrected chi connectivity index (χ4v) is 3.89. The molecule has 0 saturated carbocycles. The van der Waals surface area contributed by atoms with Gasteiger partial charge in [0.15, 0.2) is 5.76 Å². The average Bonchev–Trinajstić information content (AvgIpc) is 3.14. The Morgan fingerprint density at radius 3 is 2.65 bits per heavy atom. The van der Waals surface area contributed by atoms with Gasteiger partial charge in [-0.25, -0.2) is 8.42 Å². The molecule has 26 heavy (non-hydrogen) atoms. The Morgan fingerprint density at radius 1 is 1.23 bits per heavy atom. The van der Waals surface area contributed by atoms with E-state index in [1.807, 2.05) is 6.07 Å². The van der Waals surface area contributed by atoms with E-state index in [1.165, 1.54) is 34.6 Å². The Balaban J connectivity index is 1.80. The highest BCUT2D eigenvalue weighted by molar-refractivity contribution is 7.89. The molecule has 1 N–H and O–H groups in total. The summed E-state index contributed by atoms with van der Waals surface area (Å²) in [5.74, 6) is -0.882. The Morgan fingerprint density at radius 2 is 1.96 bits per heavy atom. The predicted octanol–water partition coefficient (Wildman–Crippen LogP) is 2.08. The zero-order valence-corrected chi connectivity index (χ0v) is 15.0. The molecule has 0 unspecified atom stereocenters. The van der Waals surface area contributed by atoms with E-state index >= 15 is 0 Å². The first-order valence-electron chi connectivity index (χ1n) is 7.60. The van der Waals surface area contributed by atoms with Crippen molar-refractivity contribution >= 4 is 33.2 Å². The molecule has 2 aromatic rings. The third kappa shape index (κ3) is 3.73. The number of benzene rings is 1. The Bertz CT molecular complexity index is 974. The summed E-state index contributed by atoms with van der Waals surface area (Å²) in [4.78, 5) is 12.3. The molecule has 1 saturated heterocycles. The van der Waals surface area contributed by atoms with Gasteiger partial charge < -0.3 is 14.5 Å². The van der Waals surface area contributed by atoms with Gasteiger partial charge in [-0.3, -0.25) is 4.79 Å². The van der Waals surface area contributed by atoms with Crippen molar-refractivity contribution in [3.63, 3.8) is 0 Å². The van der Waals surface area contributed by atoms with Crippen LogP contribution in [0.2, 0.25) is 5.02 Å². The topological polar surface area (TPSA) is 113 Å². The van der Waals surface area contributed by atoms with Gasteiger partial charge in [-0.15, -0.1) is 0 Å². The largest absolute Gasteiger partial charge is 0.438 e. The first-order chi connectivity index (χ1) is 12.4. The van der Waals surface area contributed by atoms with Crippen molar-refractivity contribution in [3.05, 3.63) is 46.7 Å². The number of sulfonamides is 1. The fraction of sp³-hybridized carbons (Fsp3) is 0.250. The summed E-state index contributed by atoms with van der Waals surface area (Å²) < 4.78 is 36.6. The minimum atomic E-state index is -3.83. The fourth-order valence-electron chi connectivity index (χ4n) is 2.40. The van der Waals surface area contributed by atoms with E-state index in [0.717, 1.165) is 0 Å². The maximum atomic E-state index is 12.5. The summed E-state index contributed by atoms with van der Waals surface area (Å²) in [7, 11) is -3.83. The second kappa shape index (κ2) is 7.47. The quantitative estimate of drug-likeness (QED) is 0.847. The van der Waals surface area contributed by atoms with Crippen LogP contribution in [0.3, 0.4) is 0 Å². The standard InChI is InChI=1S/C16H14ClN3O5S/c17-12-2-1-11(10-18)13(9-12)19-16(21)14-3-4-15(25-14)26(22,23)20-5-7-24-8-6-20/h1-4,9H,5-8H2,(H,19,21). The van der Waals surface area contributed by atoms with Crippen LogP contribution >= 0.6 is 11.6 Å². The highest BCUT2D eigenvalue weighted by Crippen LogP contribution is 2.23. The molecule has 0 aliphatic carbocycles. The van der Waals surface area contributed by atoms with E-state index < -0.39 is 15.9 Å². The maximum absolute atomic E-state index is 12.5. The van der Waals surface area contributed by atoms with Gasteiger partial charge in [0.25, 0.3) is 15.9 Å². The molecule has 1 aliphatic rings. The summed E-state index contributed by atoms with van der Waals surface area (Å²) >= 11 is 5.87. The second-order valence-corrected chi connectivity index (χ2v) is 7.70. The van der Waals surface area contributed by atoms with Crippen LogP contribution < -0.4 is 5.32 Å². The molecule has 1 aliphatic heterocycles. The number of anilines is 1. The van der Waals surface area contributed by atoms with Crippen molar-refractivity contribution < 1.29 is 22.4 Å². The number of hydrogen-bond acceptors (Lipinski definition) is 6. The summed E-state index contributed by atoms with van der Waals surface area (Å²) in [5.41, 5.74) is 0.425. The summed E-state index contributed by atoms with van der Waals surface area (Å²) in [5, 5.41) is 11.6. The number of halogens is 1. The van der Waals surface area contributed by atoms with Crippen molar-refractivity contribution in [2.24, 2.45) is 0 Å². The van der Waals surface area contributed by atoms with E-state index in [2.05, 4.69) is 5.32 Å². The third-order valence-corrected chi connectivity index (χ3v) is 5.73. The van der Waals surface area contributed by atoms with Crippen molar-refractivity contribution in [1.29, 1.82) is 5.26 Å². The van der Waals surface area contributed by atoms with E-state index in [4.69, 9.17) is 26.0 Å².